The summed E-state index contributed by atoms with van der Waals surface area (Å²) < 4.78 is 5.15. The summed E-state index contributed by atoms with van der Waals surface area (Å²) in [4.78, 5) is 11.6. The van der Waals surface area contributed by atoms with Crippen molar-refractivity contribution in [3.05, 3.63) is 35.9 Å². The van der Waals surface area contributed by atoms with Gasteiger partial charge in [0.05, 0.1) is 6.61 Å². The summed E-state index contributed by atoms with van der Waals surface area (Å²) in [5.74, 6) is -0.00479. The Bertz CT molecular complexity index is 341. The van der Waals surface area contributed by atoms with Gasteiger partial charge in [0.15, 0.2) is 0 Å². The van der Waals surface area contributed by atoms with Gasteiger partial charge in [-0.2, -0.15) is 0 Å². The van der Waals surface area contributed by atoms with Crippen molar-refractivity contribution in [2.75, 3.05) is 19.8 Å². The monoisotopic (exact) mass is 250 g/mol. The van der Waals surface area contributed by atoms with Crippen LogP contribution in [0.5, 0.6) is 0 Å². The Hall–Kier alpha value is -1.39. The van der Waals surface area contributed by atoms with E-state index in [2.05, 4.69) is 5.32 Å². The van der Waals surface area contributed by atoms with Gasteiger partial charge in [0.25, 0.3) is 0 Å². The molecule has 0 saturated carbocycles. The Balaban J connectivity index is 2.35. The van der Waals surface area contributed by atoms with Gasteiger partial charge in [-0.15, -0.1) is 0 Å². The third-order valence-corrected chi connectivity index (χ3v) is 2.65. The molecule has 4 heteroatoms. The lowest BCUT2D eigenvalue weighted by molar-refractivity contribution is -0.122. The maximum Gasteiger partial charge on any atom is 0.222 e. The smallest absolute Gasteiger partial charge is 0.222 e. The van der Waals surface area contributed by atoms with E-state index in [1.807, 2.05) is 37.3 Å². The highest BCUT2D eigenvalue weighted by Crippen LogP contribution is 2.02. The van der Waals surface area contributed by atoms with Crippen LogP contribution in [0.25, 0.3) is 0 Å². The summed E-state index contributed by atoms with van der Waals surface area (Å²) in [6.07, 6.45) is 1.15. The van der Waals surface area contributed by atoms with Crippen LogP contribution in [0.2, 0.25) is 0 Å². The molecule has 0 bridgehead atoms. The van der Waals surface area contributed by atoms with E-state index in [-0.39, 0.29) is 11.9 Å². The Morgan fingerprint density at radius 1 is 1.39 bits per heavy atom. The maximum absolute atomic E-state index is 11.6. The summed E-state index contributed by atoms with van der Waals surface area (Å²) in [6, 6.07) is 10.0. The second-order valence-corrected chi connectivity index (χ2v) is 4.14. The van der Waals surface area contributed by atoms with Crippen LogP contribution >= 0.6 is 0 Å². The molecule has 1 amide bonds. The van der Waals surface area contributed by atoms with E-state index in [9.17, 15) is 4.79 Å². The third-order valence-electron chi connectivity index (χ3n) is 2.65. The summed E-state index contributed by atoms with van der Waals surface area (Å²) in [7, 11) is 0. The second-order valence-electron chi connectivity index (χ2n) is 4.14. The zero-order valence-electron chi connectivity index (χ0n) is 10.9. The van der Waals surface area contributed by atoms with Crippen LogP contribution in [-0.4, -0.2) is 31.7 Å². The van der Waals surface area contributed by atoms with Crippen molar-refractivity contribution in [2.24, 2.45) is 5.73 Å². The van der Waals surface area contributed by atoms with E-state index in [1.165, 1.54) is 5.56 Å². The average molecular weight is 250 g/mol. The lowest BCUT2D eigenvalue weighted by Crippen LogP contribution is -2.42. The lowest BCUT2D eigenvalue weighted by Gasteiger charge is -2.17. The fraction of sp³-hybridized carbons (Fsp3) is 0.500. The number of ether oxygens (including phenoxy) is 1. The molecule has 18 heavy (non-hydrogen) atoms. The van der Waals surface area contributed by atoms with E-state index < -0.39 is 0 Å². The van der Waals surface area contributed by atoms with Crippen molar-refractivity contribution in [1.29, 1.82) is 0 Å². The number of benzene rings is 1. The first-order valence-corrected chi connectivity index (χ1v) is 6.37. The van der Waals surface area contributed by atoms with Crippen LogP contribution in [0.15, 0.2) is 30.3 Å². The van der Waals surface area contributed by atoms with Gasteiger partial charge < -0.3 is 15.8 Å². The molecule has 100 valence electrons. The zero-order chi connectivity index (χ0) is 13.2. The van der Waals surface area contributed by atoms with Gasteiger partial charge >= 0.3 is 0 Å². The molecule has 0 aliphatic rings. The average Bonchev–Trinajstić information content (AvgIpc) is 2.39. The fourth-order valence-electron chi connectivity index (χ4n) is 1.70. The number of nitrogens with one attached hydrogen (secondary N) is 1. The molecule has 0 fully saturated rings. The molecule has 0 heterocycles. The van der Waals surface area contributed by atoms with Gasteiger partial charge in [-0.25, -0.2) is 0 Å². The Kier molecular flexibility index (Phi) is 7.06. The second kappa shape index (κ2) is 8.66. The normalized spacial score (nSPS) is 12.1. The number of carbonyl (C=O) groups excluding carboxylic acids is 1. The Morgan fingerprint density at radius 3 is 2.72 bits per heavy atom. The highest BCUT2D eigenvalue weighted by molar-refractivity contribution is 5.76. The van der Waals surface area contributed by atoms with Gasteiger partial charge in [0.1, 0.15) is 0 Å². The topological polar surface area (TPSA) is 64.3 Å². The highest BCUT2D eigenvalue weighted by Gasteiger charge is 2.11. The summed E-state index contributed by atoms with van der Waals surface area (Å²) >= 11 is 0. The highest BCUT2D eigenvalue weighted by atomic mass is 16.5. The minimum Gasteiger partial charge on any atom is -0.381 e. The maximum atomic E-state index is 11.6. The third kappa shape index (κ3) is 5.80. The number of rotatable bonds is 8. The van der Waals surface area contributed by atoms with Gasteiger partial charge in [-0.1, -0.05) is 30.3 Å². The molecule has 0 saturated heterocycles. The van der Waals surface area contributed by atoms with E-state index in [1.54, 1.807) is 0 Å². The van der Waals surface area contributed by atoms with Crippen LogP contribution < -0.4 is 11.1 Å². The van der Waals surface area contributed by atoms with Crippen molar-refractivity contribution >= 4 is 5.91 Å². The summed E-state index contributed by atoms with van der Waals surface area (Å²) in [6.45, 7) is 3.45. The molecule has 1 aromatic carbocycles. The van der Waals surface area contributed by atoms with Crippen LogP contribution in [0.4, 0.5) is 0 Å². The van der Waals surface area contributed by atoms with E-state index in [0.29, 0.717) is 26.2 Å². The molecule has 0 aromatic heterocycles. The number of nitrogens with two attached hydrogens (primary N) is 1. The molecular formula is C14H22N2O2. The number of carbonyl (C=O) groups is 1. The number of hydrogen-bond acceptors (Lipinski definition) is 3. The molecule has 0 aliphatic heterocycles. The van der Waals surface area contributed by atoms with E-state index in [0.717, 1.165) is 6.42 Å². The predicted molar refractivity (Wildman–Crippen MR) is 72.2 cm³/mol. The van der Waals surface area contributed by atoms with Crippen LogP contribution in [-0.2, 0) is 16.0 Å². The minimum atomic E-state index is -0.0125. The zero-order valence-corrected chi connectivity index (χ0v) is 10.9. The van der Waals surface area contributed by atoms with Crippen molar-refractivity contribution in [3.63, 3.8) is 0 Å². The van der Waals surface area contributed by atoms with Crippen LogP contribution in [0, 0.1) is 0 Å². The molecule has 0 aliphatic carbocycles. The molecular weight excluding hydrogens is 228 g/mol. The standard InChI is InChI=1S/C14H22N2O2/c1-2-18-9-8-14(17)16-13(11-15)10-12-6-4-3-5-7-12/h3-7,13H,2,8-11,15H2,1H3,(H,16,17). The molecule has 1 atom stereocenters. The first-order chi connectivity index (χ1) is 8.76. The van der Waals surface area contributed by atoms with Gasteiger partial charge in [0, 0.05) is 25.6 Å². The number of amides is 1. The largest absolute Gasteiger partial charge is 0.381 e. The molecule has 3 N–H and O–H groups in total. The van der Waals surface area contributed by atoms with Crippen molar-refractivity contribution in [2.45, 2.75) is 25.8 Å². The quantitative estimate of drug-likeness (QED) is 0.679. The van der Waals surface area contributed by atoms with Gasteiger partial charge in [-0.3, -0.25) is 4.79 Å². The van der Waals surface area contributed by atoms with Crippen LogP contribution in [0.1, 0.15) is 18.9 Å². The summed E-state index contributed by atoms with van der Waals surface area (Å²) in [5, 5.41) is 2.93. The summed E-state index contributed by atoms with van der Waals surface area (Å²) in [5.41, 5.74) is 6.86. The first-order valence-electron chi connectivity index (χ1n) is 6.37. The fourth-order valence-corrected chi connectivity index (χ4v) is 1.70. The number of hydrogen-bond donors (Lipinski definition) is 2. The molecule has 1 aromatic rings. The van der Waals surface area contributed by atoms with Crippen LogP contribution in [0.3, 0.4) is 0 Å². The lowest BCUT2D eigenvalue weighted by atomic mass is 10.1. The molecule has 0 radical (unpaired) electrons. The Morgan fingerprint density at radius 2 is 2.11 bits per heavy atom. The SMILES string of the molecule is CCOCCC(=O)NC(CN)Cc1ccccc1. The molecule has 0 spiro atoms. The van der Waals surface area contributed by atoms with Crippen molar-refractivity contribution in [3.8, 4) is 0 Å². The van der Waals surface area contributed by atoms with Crippen molar-refractivity contribution < 1.29 is 9.53 Å². The minimum absolute atomic E-state index is 0.00479. The van der Waals surface area contributed by atoms with E-state index in [4.69, 9.17) is 10.5 Å². The van der Waals surface area contributed by atoms with Crippen molar-refractivity contribution in [1.82, 2.24) is 5.32 Å². The van der Waals surface area contributed by atoms with Gasteiger partial charge in [0.2, 0.25) is 5.91 Å². The molecule has 1 unspecified atom stereocenters. The predicted octanol–water partition coefficient (Wildman–Crippen LogP) is 1.10. The first kappa shape index (κ1) is 14.7. The molecule has 4 nitrogen and oxygen atoms in total. The Labute approximate surface area is 109 Å². The van der Waals surface area contributed by atoms with Gasteiger partial charge in [-0.05, 0) is 18.9 Å². The van der Waals surface area contributed by atoms with E-state index >= 15 is 0 Å². The molecule has 1 rings (SSSR count).